The standard InChI is InChI=1S/C16H12ClF4N5O/c1-25-12(6-13(24-25)16(19,20)21)9-4-3-8(5-11(9)18)23-15(27)14-10(17)7-22-26(14)2/h3-7H,1-2H3,(H,23,27). The van der Waals surface area contributed by atoms with E-state index in [0.29, 0.717) is 0 Å². The summed E-state index contributed by atoms with van der Waals surface area (Å²) < 4.78 is 55.0. The third-order valence-electron chi connectivity index (χ3n) is 3.78. The van der Waals surface area contributed by atoms with Gasteiger partial charge in [0.05, 0.1) is 16.9 Å². The molecule has 0 atom stereocenters. The lowest BCUT2D eigenvalue weighted by Crippen LogP contribution is -2.16. The molecule has 27 heavy (non-hydrogen) atoms. The number of benzene rings is 1. The van der Waals surface area contributed by atoms with E-state index in [2.05, 4.69) is 15.5 Å². The number of aryl methyl sites for hydroxylation is 2. The van der Waals surface area contributed by atoms with Gasteiger partial charge in [0.2, 0.25) is 0 Å². The van der Waals surface area contributed by atoms with E-state index in [1.54, 1.807) is 0 Å². The van der Waals surface area contributed by atoms with Crippen molar-refractivity contribution in [2.45, 2.75) is 6.18 Å². The number of carbonyl (C=O) groups is 1. The summed E-state index contributed by atoms with van der Waals surface area (Å²) in [4.78, 5) is 12.2. The van der Waals surface area contributed by atoms with Crippen LogP contribution in [0.2, 0.25) is 5.02 Å². The monoisotopic (exact) mass is 401 g/mol. The van der Waals surface area contributed by atoms with Gasteiger partial charge in [0.25, 0.3) is 5.91 Å². The molecule has 6 nitrogen and oxygen atoms in total. The first-order valence-electron chi connectivity index (χ1n) is 7.48. The lowest BCUT2D eigenvalue weighted by atomic mass is 10.1. The number of aromatic nitrogens is 4. The quantitative estimate of drug-likeness (QED) is 0.677. The van der Waals surface area contributed by atoms with Crippen LogP contribution >= 0.6 is 11.6 Å². The van der Waals surface area contributed by atoms with E-state index in [4.69, 9.17) is 11.6 Å². The number of nitrogens with zero attached hydrogens (tertiary/aromatic N) is 4. The molecule has 3 rings (SSSR count). The van der Waals surface area contributed by atoms with Gasteiger partial charge in [-0.1, -0.05) is 11.6 Å². The van der Waals surface area contributed by atoms with Crippen molar-refractivity contribution in [3.63, 3.8) is 0 Å². The highest BCUT2D eigenvalue weighted by atomic mass is 35.5. The number of rotatable bonds is 3. The molecule has 142 valence electrons. The molecule has 0 saturated carbocycles. The Bertz CT molecular complexity index is 1000. The van der Waals surface area contributed by atoms with E-state index >= 15 is 0 Å². The van der Waals surface area contributed by atoms with Crippen LogP contribution in [0.3, 0.4) is 0 Å². The first-order valence-corrected chi connectivity index (χ1v) is 7.85. The Kier molecular flexibility index (Phi) is 4.68. The molecule has 3 aromatic rings. The van der Waals surface area contributed by atoms with Crippen molar-refractivity contribution < 1.29 is 22.4 Å². The summed E-state index contributed by atoms with van der Waals surface area (Å²) in [6.45, 7) is 0. The van der Waals surface area contributed by atoms with Gasteiger partial charge >= 0.3 is 6.18 Å². The minimum Gasteiger partial charge on any atom is -0.321 e. The van der Waals surface area contributed by atoms with Crippen molar-refractivity contribution >= 4 is 23.2 Å². The van der Waals surface area contributed by atoms with Crippen molar-refractivity contribution in [2.24, 2.45) is 14.1 Å². The van der Waals surface area contributed by atoms with Crippen LogP contribution in [0, 0.1) is 5.82 Å². The molecule has 0 saturated heterocycles. The molecule has 0 fully saturated rings. The normalized spacial score (nSPS) is 11.7. The van der Waals surface area contributed by atoms with Gasteiger partial charge in [0.1, 0.15) is 11.5 Å². The molecule has 0 unspecified atom stereocenters. The third kappa shape index (κ3) is 3.65. The second-order valence-corrected chi connectivity index (χ2v) is 6.06. The van der Waals surface area contributed by atoms with E-state index in [1.165, 1.54) is 37.1 Å². The smallest absolute Gasteiger partial charge is 0.321 e. The molecule has 0 bridgehead atoms. The van der Waals surface area contributed by atoms with Gasteiger partial charge in [-0.05, 0) is 24.3 Å². The predicted octanol–water partition coefficient (Wildman–Crippen LogP) is 3.88. The van der Waals surface area contributed by atoms with Crippen LogP contribution in [0.25, 0.3) is 11.3 Å². The number of carbonyl (C=O) groups excluding carboxylic acids is 1. The van der Waals surface area contributed by atoms with Crippen LogP contribution in [0.4, 0.5) is 23.2 Å². The maximum absolute atomic E-state index is 14.5. The minimum atomic E-state index is -4.64. The second kappa shape index (κ2) is 6.69. The molecule has 0 radical (unpaired) electrons. The molecule has 1 aromatic carbocycles. The van der Waals surface area contributed by atoms with E-state index in [1.807, 2.05) is 0 Å². The summed E-state index contributed by atoms with van der Waals surface area (Å²) in [6.07, 6.45) is -3.34. The Morgan fingerprint density at radius 3 is 2.41 bits per heavy atom. The molecule has 1 N–H and O–H groups in total. The molecule has 1 amide bonds. The number of alkyl halides is 3. The SMILES string of the molecule is Cn1nc(C(F)(F)F)cc1-c1ccc(NC(=O)c2c(Cl)cnn2C)cc1F. The molecular formula is C16H12ClF4N5O. The van der Waals surface area contributed by atoms with Crippen LogP contribution in [0.5, 0.6) is 0 Å². The Morgan fingerprint density at radius 1 is 1.19 bits per heavy atom. The van der Waals surface area contributed by atoms with E-state index in [0.717, 1.165) is 16.8 Å². The molecular weight excluding hydrogens is 390 g/mol. The first kappa shape index (κ1) is 18.9. The summed E-state index contributed by atoms with van der Waals surface area (Å²) in [5.41, 5.74) is -1.06. The average molecular weight is 402 g/mol. The van der Waals surface area contributed by atoms with Crippen molar-refractivity contribution in [1.82, 2.24) is 19.6 Å². The molecule has 2 aromatic heterocycles. The molecule has 0 aliphatic carbocycles. The number of nitrogens with one attached hydrogen (secondary N) is 1. The second-order valence-electron chi connectivity index (χ2n) is 5.65. The van der Waals surface area contributed by atoms with Crippen molar-refractivity contribution in [1.29, 1.82) is 0 Å². The Hall–Kier alpha value is -2.88. The van der Waals surface area contributed by atoms with Crippen LogP contribution in [-0.4, -0.2) is 25.5 Å². The van der Waals surface area contributed by atoms with Crippen molar-refractivity contribution in [2.75, 3.05) is 5.32 Å². The van der Waals surface area contributed by atoms with Crippen LogP contribution < -0.4 is 5.32 Å². The third-order valence-corrected chi connectivity index (χ3v) is 4.06. The highest BCUT2D eigenvalue weighted by Gasteiger charge is 2.35. The van der Waals surface area contributed by atoms with Crippen molar-refractivity contribution in [3.8, 4) is 11.3 Å². The maximum atomic E-state index is 14.5. The van der Waals surface area contributed by atoms with Gasteiger partial charge in [0, 0.05) is 25.3 Å². The highest BCUT2D eigenvalue weighted by molar-refractivity contribution is 6.34. The number of hydrogen-bond donors (Lipinski definition) is 1. The number of amides is 1. The Labute approximate surface area is 155 Å². The van der Waals surface area contributed by atoms with Crippen LogP contribution in [0.15, 0.2) is 30.5 Å². The zero-order chi connectivity index (χ0) is 19.9. The van der Waals surface area contributed by atoms with Crippen molar-refractivity contribution in [3.05, 3.63) is 52.7 Å². The summed E-state index contributed by atoms with van der Waals surface area (Å²) in [6, 6.07) is 4.37. The largest absolute Gasteiger partial charge is 0.435 e. The molecule has 0 spiro atoms. The van der Waals surface area contributed by atoms with Gasteiger partial charge < -0.3 is 5.32 Å². The molecule has 2 heterocycles. The molecule has 0 aliphatic rings. The number of halogens is 5. The van der Waals surface area contributed by atoms with E-state index < -0.39 is 23.6 Å². The molecule has 0 aliphatic heterocycles. The average Bonchev–Trinajstić information content (AvgIpc) is 3.10. The summed E-state index contributed by atoms with van der Waals surface area (Å²) in [5, 5.41) is 9.77. The summed E-state index contributed by atoms with van der Waals surface area (Å²) in [7, 11) is 2.80. The van der Waals surface area contributed by atoms with Gasteiger partial charge in [-0.3, -0.25) is 14.2 Å². The van der Waals surface area contributed by atoms with Crippen LogP contribution in [0.1, 0.15) is 16.2 Å². The maximum Gasteiger partial charge on any atom is 0.435 e. The predicted molar refractivity (Wildman–Crippen MR) is 89.8 cm³/mol. The highest BCUT2D eigenvalue weighted by Crippen LogP contribution is 2.33. The van der Waals surface area contributed by atoms with Gasteiger partial charge in [-0.2, -0.15) is 23.4 Å². The van der Waals surface area contributed by atoms with E-state index in [-0.39, 0.29) is 27.7 Å². The zero-order valence-corrected chi connectivity index (χ0v) is 14.7. The Balaban J connectivity index is 1.89. The molecule has 11 heteroatoms. The Morgan fingerprint density at radius 2 is 1.89 bits per heavy atom. The minimum absolute atomic E-state index is 0.0487. The fraction of sp³-hybridized carbons (Fsp3) is 0.188. The fourth-order valence-electron chi connectivity index (χ4n) is 2.51. The lowest BCUT2D eigenvalue weighted by Gasteiger charge is -2.09. The zero-order valence-electron chi connectivity index (χ0n) is 14.0. The summed E-state index contributed by atoms with van der Waals surface area (Å²) in [5.74, 6) is -1.42. The number of anilines is 1. The van der Waals surface area contributed by atoms with Gasteiger partial charge in [0.15, 0.2) is 5.69 Å². The first-order chi connectivity index (χ1) is 12.6. The topological polar surface area (TPSA) is 64.7 Å². The summed E-state index contributed by atoms with van der Waals surface area (Å²) >= 11 is 5.88. The lowest BCUT2D eigenvalue weighted by molar-refractivity contribution is -0.141. The van der Waals surface area contributed by atoms with E-state index in [9.17, 15) is 22.4 Å². The van der Waals surface area contributed by atoms with Gasteiger partial charge in [-0.15, -0.1) is 0 Å². The van der Waals surface area contributed by atoms with Crippen LogP contribution in [-0.2, 0) is 20.3 Å². The number of hydrogen-bond acceptors (Lipinski definition) is 3. The van der Waals surface area contributed by atoms with Gasteiger partial charge in [-0.25, -0.2) is 4.39 Å². The fourth-order valence-corrected chi connectivity index (χ4v) is 2.77.